The van der Waals surface area contributed by atoms with Crippen molar-refractivity contribution in [3.63, 3.8) is 0 Å². The summed E-state index contributed by atoms with van der Waals surface area (Å²) in [6, 6.07) is 0. The van der Waals surface area contributed by atoms with Crippen molar-refractivity contribution in [3.05, 3.63) is 0 Å². The predicted molar refractivity (Wildman–Crippen MR) is 18.0 cm³/mol. The molecule has 32 valence electrons. The lowest BCUT2D eigenvalue weighted by Crippen LogP contribution is -2.49. The fourth-order valence-corrected chi connectivity index (χ4v) is 0.233. The van der Waals surface area contributed by atoms with Gasteiger partial charge in [0.1, 0.15) is 0 Å². The Morgan fingerprint density at radius 2 is 2.00 bits per heavy atom. The van der Waals surface area contributed by atoms with Crippen LogP contribution in [0.4, 0.5) is 0 Å². The third-order valence-electron chi connectivity index (χ3n) is 0.663. The second-order valence-corrected chi connectivity index (χ2v) is 1.11. The van der Waals surface area contributed by atoms with E-state index in [1.54, 1.807) is 0 Å². The Balaban J connectivity index is 2.61. The average molecular weight is 85.1 g/mol. The van der Waals surface area contributed by atoms with Gasteiger partial charge in [-0.1, -0.05) is 0 Å². The summed E-state index contributed by atoms with van der Waals surface area (Å²) in [7, 11) is 0. The predicted octanol–water partition coefficient (Wildman–Crippen LogP) is -1.31. The Morgan fingerprint density at radius 3 is 2.00 bits per heavy atom. The van der Waals surface area contributed by atoms with Crippen molar-refractivity contribution in [2.24, 2.45) is 0 Å². The van der Waals surface area contributed by atoms with E-state index in [0.717, 1.165) is 0 Å². The molecule has 1 amide bonds. The molecule has 3 heteroatoms. The van der Waals surface area contributed by atoms with Gasteiger partial charge in [0.15, 0.2) is 0 Å². The van der Waals surface area contributed by atoms with Crippen LogP contribution in [0.25, 0.3) is 0 Å². The van der Waals surface area contributed by atoms with Crippen molar-refractivity contribution in [2.75, 3.05) is 6.54 Å². The number of β-lactam (4-membered cyclic amide) rings is 1. The summed E-state index contributed by atoms with van der Waals surface area (Å²) in [5.41, 5.74) is 0. The number of amides is 1. The summed E-state index contributed by atoms with van der Waals surface area (Å²) in [6.07, 6.45) is 0. The molecule has 0 unspecified atom stereocenters. The van der Waals surface area contributed by atoms with Crippen LogP contribution in [0.5, 0.6) is 0 Å². The molecule has 1 aliphatic rings. The Bertz CT molecular complexity index is 93.4. The first-order valence-corrected chi connectivity index (χ1v) is 1.62. The molecular formula is C3H3NO2. The molecule has 1 aliphatic heterocycles. The Labute approximate surface area is 34.3 Å². The topological polar surface area (TPSA) is 46.2 Å². The Morgan fingerprint density at radius 1 is 1.50 bits per heavy atom. The molecule has 0 aromatic heterocycles. The highest BCUT2D eigenvalue weighted by atomic mass is 16.2. The highest BCUT2D eigenvalue weighted by Gasteiger charge is 2.22. The van der Waals surface area contributed by atoms with Gasteiger partial charge in [-0.05, 0) is 0 Å². The van der Waals surface area contributed by atoms with Crippen LogP contribution in [0.1, 0.15) is 0 Å². The van der Waals surface area contributed by atoms with Crippen LogP contribution in [-0.4, -0.2) is 18.2 Å². The van der Waals surface area contributed by atoms with Crippen molar-refractivity contribution in [2.45, 2.75) is 0 Å². The summed E-state index contributed by atoms with van der Waals surface area (Å²) in [5, 5.41) is 2.27. The second kappa shape index (κ2) is 0.801. The minimum Gasteiger partial charge on any atom is -0.342 e. The largest absolute Gasteiger partial charge is 0.342 e. The van der Waals surface area contributed by atoms with Crippen LogP contribution >= 0.6 is 0 Å². The maximum absolute atomic E-state index is 9.82. The summed E-state index contributed by atoms with van der Waals surface area (Å²) < 4.78 is 0. The summed E-state index contributed by atoms with van der Waals surface area (Å²) in [6.45, 7) is 0.235. The molecule has 1 rings (SSSR count). The van der Waals surface area contributed by atoms with Crippen molar-refractivity contribution >= 4 is 11.7 Å². The van der Waals surface area contributed by atoms with Gasteiger partial charge in [0.25, 0.3) is 5.91 Å². The molecule has 3 nitrogen and oxygen atoms in total. The number of nitrogens with one attached hydrogen (secondary N) is 1. The van der Waals surface area contributed by atoms with Gasteiger partial charge in [-0.3, -0.25) is 9.59 Å². The first-order chi connectivity index (χ1) is 2.80. The van der Waals surface area contributed by atoms with Crippen LogP contribution in [-0.2, 0) is 9.59 Å². The minimum atomic E-state index is -0.449. The number of carbonyl (C=O) groups is 2. The monoisotopic (exact) mass is 85.0 g/mol. The van der Waals surface area contributed by atoms with E-state index in [9.17, 15) is 9.59 Å². The van der Waals surface area contributed by atoms with E-state index in [-0.39, 0.29) is 12.3 Å². The van der Waals surface area contributed by atoms with E-state index in [0.29, 0.717) is 0 Å². The van der Waals surface area contributed by atoms with Gasteiger partial charge >= 0.3 is 0 Å². The molecular weight excluding hydrogens is 82.0 g/mol. The first-order valence-electron chi connectivity index (χ1n) is 1.62. The van der Waals surface area contributed by atoms with Crippen LogP contribution in [0, 0.1) is 0 Å². The van der Waals surface area contributed by atoms with Crippen LogP contribution in [0.15, 0.2) is 0 Å². The zero-order chi connectivity index (χ0) is 4.57. The summed E-state index contributed by atoms with van der Waals surface area (Å²) in [5.74, 6) is -0.759. The zero-order valence-corrected chi connectivity index (χ0v) is 3.02. The second-order valence-electron chi connectivity index (χ2n) is 1.11. The molecule has 0 aromatic rings. The highest BCUT2D eigenvalue weighted by Crippen LogP contribution is 1.80. The molecule has 1 N–H and O–H groups in total. The van der Waals surface area contributed by atoms with Gasteiger partial charge in [-0.25, -0.2) is 0 Å². The molecule has 0 saturated carbocycles. The molecule has 0 atom stereocenters. The average Bonchev–Trinajstić information content (AvgIpc) is 1.61. The molecule has 0 bridgehead atoms. The highest BCUT2D eigenvalue weighted by molar-refractivity contribution is 6.43. The first kappa shape index (κ1) is 3.33. The van der Waals surface area contributed by atoms with Gasteiger partial charge in [0.2, 0.25) is 5.78 Å². The smallest absolute Gasteiger partial charge is 0.289 e. The van der Waals surface area contributed by atoms with E-state index in [2.05, 4.69) is 5.32 Å². The van der Waals surface area contributed by atoms with Gasteiger partial charge in [-0.2, -0.15) is 0 Å². The number of hydrogen-bond donors (Lipinski definition) is 1. The van der Waals surface area contributed by atoms with E-state index >= 15 is 0 Å². The standard InChI is InChI=1S/C3H3NO2/c5-2-1-4-3(2)6/h1H2,(H,4,6). The summed E-state index contributed by atoms with van der Waals surface area (Å²) >= 11 is 0. The van der Waals surface area contributed by atoms with Gasteiger partial charge in [0.05, 0.1) is 6.54 Å². The maximum Gasteiger partial charge on any atom is 0.289 e. The number of carbonyl (C=O) groups excluding carboxylic acids is 2. The lowest BCUT2D eigenvalue weighted by molar-refractivity contribution is -0.143. The van der Waals surface area contributed by atoms with Crippen LogP contribution < -0.4 is 5.32 Å². The van der Waals surface area contributed by atoms with Gasteiger partial charge in [-0.15, -0.1) is 0 Å². The normalized spacial score (nSPS) is 19.3. The Kier molecular flexibility index (Phi) is 0.445. The third-order valence-corrected chi connectivity index (χ3v) is 0.663. The molecule has 1 fully saturated rings. The van der Waals surface area contributed by atoms with E-state index in [4.69, 9.17) is 0 Å². The molecule has 0 radical (unpaired) electrons. The number of rotatable bonds is 0. The lowest BCUT2D eigenvalue weighted by atomic mass is 10.2. The maximum atomic E-state index is 9.82. The van der Waals surface area contributed by atoms with E-state index < -0.39 is 5.91 Å². The van der Waals surface area contributed by atoms with Crippen molar-refractivity contribution in [3.8, 4) is 0 Å². The molecule has 0 aliphatic carbocycles. The van der Waals surface area contributed by atoms with Crippen molar-refractivity contribution < 1.29 is 9.59 Å². The van der Waals surface area contributed by atoms with Crippen LogP contribution in [0.3, 0.4) is 0 Å². The molecule has 1 saturated heterocycles. The number of Topliss-reactive ketones (excluding diaryl/α,β-unsaturated/α-hetero) is 1. The molecule has 6 heavy (non-hydrogen) atoms. The quantitative estimate of drug-likeness (QED) is 0.293. The number of ketones is 1. The van der Waals surface area contributed by atoms with Crippen LogP contribution in [0.2, 0.25) is 0 Å². The zero-order valence-electron chi connectivity index (χ0n) is 3.02. The van der Waals surface area contributed by atoms with E-state index in [1.165, 1.54) is 0 Å². The molecule has 1 heterocycles. The van der Waals surface area contributed by atoms with Crippen molar-refractivity contribution in [1.82, 2.24) is 5.32 Å². The lowest BCUT2D eigenvalue weighted by Gasteiger charge is -2.08. The minimum absolute atomic E-state index is 0.235. The van der Waals surface area contributed by atoms with Crippen molar-refractivity contribution in [1.29, 1.82) is 0 Å². The fourth-order valence-electron chi connectivity index (χ4n) is 0.233. The number of hydrogen-bond acceptors (Lipinski definition) is 2. The summed E-state index contributed by atoms with van der Waals surface area (Å²) in [4.78, 5) is 19.6. The SMILES string of the molecule is O=C1CNC1=O. The van der Waals surface area contributed by atoms with Gasteiger partial charge < -0.3 is 5.32 Å². The molecule has 0 spiro atoms. The Hall–Kier alpha value is -0.860. The third kappa shape index (κ3) is 0.217. The van der Waals surface area contributed by atoms with E-state index in [1.807, 2.05) is 0 Å². The fraction of sp³-hybridized carbons (Fsp3) is 0.333. The van der Waals surface area contributed by atoms with Gasteiger partial charge in [0, 0.05) is 0 Å². The molecule has 0 aromatic carbocycles.